The van der Waals surface area contributed by atoms with Crippen LogP contribution in [0.5, 0.6) is 0 Å². The van der Waals surface area contributed by atoms with E-state index in [0.29, 0.717) is 0 Å². The summed E-state index contributed by atoms with van der Waals surface area (Å²) in [7, 11) is -4.13. The zero-order valence-corrected chi connectivity index (χ0v) is 17.2. The van der Waals surface area contributed by atoms with E-state index in [2.05, 4.69) is 12.1 Å². The average molecular weight is 427 g/mol. The second kappa shape index (κ2) is 8.31. The summed E-state index contributed by atoms with van der Waals surface area (Å²) in [4.78, 5) is -0.220. The summed E-state index contributed by atoms with van der Waals surface area (Å²) in [6.07, 6.45) is 6.39. The lowest BCUT2D eigenvalue weighted by molar-refractivity contribution is 0.0555. The van der Waals surface area contributed by atoms with Crippen LogP contribution in [0.15, 0.2) is 59.5 Å². The van der Waals surface area contributed by atoms with E-state index in [1.165, 1.54) is 17.7 Å². The van der Waals surface area contributed by atoms with Gasteiger partial charge in [0.15, 0.2) is 0 Å². The third-order valence-electron chi connectivity index (χ3n) is 6.00. The minimum atomic E-state index is -4.13. The Hall–Kier alpha value is -2.53. The maximum Gasteiger partial charge on any atom is 0.244 e. The zero-order valence-electron chi connectivity index (χ0n) is 16.4. The maximum absolute atomic E-state index is 13.6. The number of rotatable bonds is 5. The van der Waals surface area contributed by atoms with Gasteiger partial charge < -0.3 is 5.11 Å². The summed E-state index contributed by atoms with van der Waals surface area (Å²) >= 11 is 0. The van der Waals surface area contributed by atoms with Crippen LogP contribution in [0.4, 0.5) is 4.39 Å². The van der Waals surface area contributed by atoms with E-state index < -0.39 is 40.4 Å². The molecule has 0 amide bonds. The second-order valence-corrected chi connectivity index (χ2v) is 9.55. The third-order valence-corrected chi connectivity index (χ3v) is 7.91. The minimum absolute atomic E-state index is 0.220. The van der Waals surface area contributed by atoms with Crippen molar-refractivity contribution in [3.63, 3.8) is 0 Å². The van der Waals surface area contributed by atoms with Crippen LogP contribution >= 0.6 is 0 Å². The number of sulfonamides is 1. The number of allylic oxidation sites excluding steroid dienone is 2. The summed E-state index contributed by atoms with van der Waals surface area (Å²) in [5, 5.41) is 19.9. The van der Waals surface area contributed by atoms with Crippen molar-refractivity contribution >= 4 is 15.6 Å². The smallest absolute Gasteiger partial charge is 0.244 e. The lowest BCUT2D eigenvalue weighted by Gasteiger charge is -2.50. The molecule has 5 nitrogen and oxygen atoms in total. The molecule has 1 aliphatic carbocycles. The summed E-state index contributed by atoms with van der Waals surface area (Å²) in [5.74, 6) is -1.13. The van der Waals surface area contributed by atoms with Crippen LogP contribution in [0.1, 0.15) is 42.7 Å². The van der Waals surface area contributed by atoms with Crippen LogP contribution < -0.4 is 0 Å². The Labute approximate surface area is 176 Å². The van der Waals surface area contributed by atoms with E-state index in [-0.39, 0.29) is 4.90 Å². The molecule has 3 atom stereocenters. The molecule has 0 bridgehead atoms. The summed E-state index contributed by atoms with van der Waals surface area (Å²) in [6.45, 7) is -0.426. The van der Waals surface area contributed by atoms with Crippen LogP contribution in [0.25, 0.3) is 5.57 Å². The van der Waals surface area contributed by atoms with Crippen molar-refractivity contribution in [3.05, 3.63) is 71.6 Å². The lowest BCUT2D eigenvalue weighted by Crippen LogP contribution is -2.65. The Morgan fingerprint density at radius 3 is 2.63 bits per heavy atom. The van der Waals surface area contributed by atoms with Crippen molar-refractivity contribution in [3.8, 4) is 6.07 Å². The van der Waals surface area contributed by atoms with Crippen molar-refractivity contribution in [2.75, 3.05) is 6.61 Å². The number of nitriles is 1. The molecule has 2 aliphatic rings. The van der Waals surface area contributed by atoms with Gasteiger partial charge in [0.1, 0.15) is 11.9 Å². The monoisotopic (exact) mass is 426 g/mol. The largest absolute Gasteiger partial charge is 0.395 e. The second-order valence-electron chi connectivity index (χ2n) is 7.70. The molecular formula is C23H23FN2O3S. The molecule has 1 fully saturated rings. The van der Waals surface area contributed by atoms with E-state index in [4.69, 9.17) is 0 Å². The summed E-state index contributed by atoms with van der Waals surface area (Å²) in [5.41, 5.74) is 3.10. The first-order valence-electron chi connectivity index (χ1n) is 10.1. The van der Waals surface area contributed by atoms with E-state index in [9.17, 15) is 23.2 Å². The molecule has 7 heteroatoms. The highest BCUT2D eigenvalue weighted by atomic mass is 32.2. The quantitative estimate of drug-likeness (QED) is 0.788. The highest BCUT2D eigenvalue weighted by Crippen LogP contribution is 2.46. The Bertz CT molecular complexity index is 1120. The van der Waals surface area contributed by atoms with Gasteiger partial charge in [-0.15, -0.1) is 0 Å². The van der Waals surface area contributed by atoms with E-state index in [1.54, 1.807) is 0 Å². The van der Waals surface area contributed by atoms with Gasteiger partial charge in [0.25, 0.3) is 0 Å². The first-order valence-corrected chi connectivity index (χ1v) is 11.5. The first-order chi connectivity index (χ1) is 14.5. The summed E-state index contributed by atoms with van der Waals surface area (Å²) < 4.78 is 41.0. The molecule has 2 aromatic carbocycles. The molecule has 156 valence electrons. The van der Waals surface area contributed by atoms with Gasteiger partial charge in [-0.25, -0.2) is 12.8 Å². The van der Waals surface area contributed by atoms with Crippen LogP contribution in [0.2, 0.25) is 0 Å². The topological polar surface area (TPSA) is 81.4 Å². The molecule has 2 aromatic rings. The van der Waals surface area contributed by atoms with Gasteiger partial charge >= 0.3 is 0 Å². The number of halogens is 1. The normalized spacial score (nSPS) is 24.6. The van der Waals surface area contributed by atoms with Crippen molar-refractivity contribution < 1.29 is 17.9 Å². The number of hydrogen-bond donors (Lipinski definition) is 1. The number of hydrogen-bond acceptors (Lipinski definition) is 4. The standard InChI is InChI=1S/C23H23FN2O3S/c24-17-9-6-10-18(13-17)30(28,29)26-21(14-25)23(22(26)15-27)20-12-5-4-11-19(20)16-7-2-1-3-8-16/h4-7,9-13,21-23,27H,1-3,8,15H2/t21-,22-,23+/m1/s1. The Balaban J connectivity index is 1.74. The number of aliphatic hydroxyl groups is 1. The minimum Gasteiger partial charge on any atom is -0.395 e. The van der Waals surface area contributed by atoms with E-state index in [1.807, 2.05) is 24.3 Å². The molecule has 30 heavy (non-hydrogen) atoms. The van der Waals surface area contributed by atoms with E-state index in [0.717, 1.165) is 53.2 Å². The highest BCUT2D eigenvalue weighted by molar-refractivity contribution is 7.89. The van der Waals surface area contributed by atoms with E-state index >= 15 is 0 Å². The van der Waals surface area contributed by atoms with Crippen molar-refractivity contribution in [1.29, 1.82) is 5.26 Å². The number of aliphatic hydroxyl groups excluding tert-OH is 1. The SMILES string of the molecule is N#C[C@@H]1[C@H](c2ccccc2C2=CCCCC2)[C@@H](CO)N1S(=O)(=O)c1cccc(F)c1. The Morgan fingerprint density at radius 2 is 1.97 bits per heavy atom. The van der Waals surface area contributed by atoms with Crippen molar-refractivity contribution in [2.24, 2.45) is 0 Å². The first kappa shape index (κ1) is 20.7. The molecule has 0 radical (unpaired) electrons. The molecule has 1 saturated heterocycles. The molecule has 0 aromatic heterocycles. The molecule has 1 heterocycles. The summed E-state index contributed by atoms with van der Waals surface area (Å²) in [6, 6.07) is 12.8. The fraction of sp³-hybridized carbons (Fsp3) is 0.348. The molecule has 4 rings (SSSR count). The zero-order chi connectivity index (χ0) is 21.3. The van der Waals surface area contributed by atoms with Gasteiger partial charge in [0, 0.05) is 5.92 Å². The molecule has 1 aliphatic heterocycles. The third kappa shape index (κ3) is 3.45. The van der Waals surface area contributed by atoms with Gasteiger partial charge in [-0.3, -0.25) is 0 Å². The van der Waals surface area contributed by atoms with Gasteiger partial charge in [-0.1, -0.05) is 36.4 Å². The maximum atomic E-state index is 13.6. The van der Waals surface area contributed by atoms with Gasteiger partial charge in [0.2, 0.25) is 10.0 Å². The van der Waals surface area contributed by atoms with Gasteiger partial charge in [-0.2, -0.15) is 9.57 Å². The predicted molar refractivity (Wildman–Crippen MR) is 111 cm³/mol. The molecule has 0 saturated carbocycles. The molecule has 0 unspecified atom stereocenters. The average Bonchev–Trinajstić information content (AvgIpc) is 2.74. The predicted octanol–water partition coefficient (Wildman–Crippen LogP) is 3.82. The molecule has 0 spiro atoms. The van der Waals surface area contributed by atoms with Crippen molar-refractivity contribution in [1.82, 2.24) is 4.31 Å². The van der Waals surface area contributed by atoms with Gasteiger partial charge in [0.05, 0.1) is 23.6 Å². The Kier molecular flexibility index (Phi) is 5.74. The van der Waals surface area contributed by atoms with Gasteiger partial charge in [-0.05, 0) is 60.6 Å². The van der Waals surface area contributed by atoms with Crippen LogP contribution in [-0.4, -0.2) is 36.5 Å². The fourth-order valence-corrected chi connectivity index (χ4v) is 6.37. The van der Waals surface area contributed by atoms with Crippen LogP contribution in [0, 0.1) is 17.1 Å². The lowest BCUT2D eigenvalue weighted by atomic mass is 9.74. The fourth-order valence-electron chi connectivity index (χ4n) is 4.58. The Morgan fingerprint density at radius 1 is 1.17 bits per heavy atom. The van der Waals surface area contributed by atoms with Crippen LogP contribution in [-0.2, 0) is 10.0 Å². The highest BCUT2D eigenvalue weighted by Gasteiger charge is 2.55. The van der Waals surface area contributed by atoms with Crippen LogP contribution in [0.3, 0.4) is 0 Å². The molecular weight excluding hydrogens is 403 g/mol. The number of benzene rings is 2. The number of nitrogens with zero attached hydrogens (tertiary/aromatic N) is 2. The molecule has 1 N–H and O–H groups in total. The van der Waals surface area contributed by atoms with Crippen molar-refractivity contribution in [2.45, 2.75) is 48.6 Å².